The first-order valence-corrected chi connectivity index (χ1v) is 7.31. The van der Waals surface area contributed by atoms with Gasteiger partial charge in [-0.2, -0.15) is 0 Å². The molecule has 0 atom stereocenters. The predicted octanol–water partition coefficient (Wildman–Crippen LogP) is 3.17. The fraction of sp³-hybridized carbons (Fsp3) is 0.364. The van der Waals surface area contributed by atoms with E-state index in [1.807, 2.05) is 0 Å². The van der Waals surface area contributed by atoms with E-state index in [-0.39, 0.29) is 30.5 Å². The molecule has 8 nitrogen and oxygen atoms in total. The van der Waals surface area contributed by atoms with Crippen molar-refractivity contribution in [2.75, 3.05) is 29.7 Å². The molecule has 0 aliphatic carbocycles. The van der Waals surface area contributed by atoms with Crippen LogP contribution in [0.2, 0.25) is 0 Å². The Morgan fingerprint density at radius 1 is 1.05 bits per heavy atom. The van der Waals surface area contributed by atoms with E-state index >= 15 is 0 Å². The fourth-order valence-corrected chi connectivity index (χ4v) is 2.39. The van der Waals surface area contributed by atoms with Crippen LogP contribution in [0.1, 0.15) is 10.4 Å². The van der Waals surface area contributed by atoms with E-state index in [2.05, 4.69) is 0 Å². The lowest BCUT2D eigenvalue weighted by molar-refractivity contribution is -0.393. The molecule has 120 valence electrons. The standard InChI is InChI=1S/C11H10Cl3N3O5/c12-1-3-15(4-2-13)9-5-7(11(14)18)8(16(19)20)6-10(9)17(21)22/h5-6H,1-4H2. The summed E-state index contributed by atoms with van der Waals surface area (Å²) in [6.07, 6.45) is 0. The molecular weight excluding hydrogens is 360 g/mol. The molecule has 1 rings (SSSR count). The van der Waals surface area contributed by atoms with Crippen LogP contribution in [0, 0.1) is 20.2 Å². The minimum Gasteiger partial charge on any atom is -0.364 e. The summed E-state index contributed by atoms with van der Waals surface area (Å²) in [6.45, 7) is 0.422. The number of nitrogens with zero attached hydrogens (tertiary/aromatic N) is 3. The second-order valence-corrected chi connectivity index (χ2v) is 5.11. The third kappa shape index (κ3) is 4.19. The highest BCUT2D eigenvalue weighted by Gasteiger charge is 2.29. The van der Waals surface area contributed by atoms with Gasteiger partial charge in [-0.15, -0.1) is 23.2 Å². The molecule has 11 heteroatoms. The van der Waals surface area contributed by atoms with Gasteiger partial charge in [-0.1, -0.05) is 0 Å². The van der Waals surface area contributed by atoms with Crippen molar-refractivity contribution in [1.29, 1.82) is 0 Å². The van der Waals surface area contributed by atoms with Gasteiger partial charge in [0.2, 0.25) is 0 Å². The number of benzene rings is 1. The fourth-order valence-electron chi connectivity index (χ4n) is 1.83. The van der Waals surface area contributed by atoms with Crippen LogP contribution >= 0.6 is 34.8 Å². The van der Waals surface area contributed by atoms with E-state index in [0.717, 1.165) is 6.07 Å². The zero-order valence-electron chi connectivity index (χ0n) is 11.0. The summed E-state index contributed by atoms with van der Waals surface area (Å²) in [7, 11) is 0. The number of carbonyl (C=O) groups excluding carboxylic acids is 1. The molecule has 0 saturated heterocycles. The number of alkyl halides is 2. The van der Waals surface area contributed by atoms with Gasteiger partial charge < -0.3 is 4.90 Å². The largest absolute Gasteiger partial charge is 0.364 e. The monoisotopic (exact) mass is 369 g/mol. The minimum atomic E-state index is -1.08. The number of halogens is 3. The number of nitro groups is 2. The quantitative estimate of drug-likeness (QED) is 0.301. The van der Waals surface area contributed by atoms with Gasteiger partial charge in [0.15, 0.2) is 0 Å². The molecule has 0 radical (unpaired) electrons. The minimum absolute atomic E-state index is 0.000833. The zero-order valence-corrected chi connectivity index (χ0v) is 13.3. The molecule has 0 amide bonds. The van der Waals surface area contributed by atoms with Crippen LogP contribution in [-0.2, 0) is 0 Å². The Labute approximate surface area is 139 Å². The van der Waals surface area contributed by atoms with Gasteiger partial charge in [-0.25, -0.2) is 0 Å². The Balaban J connectivity index is 3.59. The Hall–Kier alpha value is -1.64. The number of carbonyl (C=O) groups is 1. The summed E-state index contributed by atoms with van der Waals surface area (Å²) < 4.78 is 0. The van der Waals surface area contributed by atoms with Crippen LogP contribution in [0.4, 0.5) is 17.1 Å². The van der Waals surface area contributed by atoms with Crippen LogP contribution in [-0.4, -0.2) is 39.9 Å². The topological polar surface area (TPSA) is 107 Å². The highest BCUT2D eigenvalue weighted by atomic mass is 35.5. The summed E-state index contributed by atoms with van der Waals surface area (Å²) in [5, 5.41) is 21.0. The van der Waals surface area contributed by atoms with Crippen molar-refractivity contribution in [3.05, 3.63) is 37.9 Å². The molecule has 0 fully saturated rings. The molecule has 1 aromatic carbocycles. The van der Waals surface area contributed by atoms with Crippen LogP contribution < -0.4 is 4.90 Å². The van der Waals surface area contributed by atoms with Gasteiger partial charge >= 0.3 is 0 Å². The lowest BCUT2D eigenvalue weighted by Gasteiger charge is -2.22. The van der Waals surface area contributed by atoms with Crippen molar-refractivity contribution in [2.45, 2.75) is 0 Å². The number of nitro benzene ring substituents is 2. The van der Waals surface area contributed by atoms with Crippen molar-refractivity contribution >= 4 is 57.1 Å². The van der Waals surface area contributed by atoms with E-state index in [4.69, 9.17) is 34.8 Å². The van der Waals surface area contributed by atoms with Gasteiger partial charge in [0, 0.05) is 24.8 Å². The second-order valence-electron chi connectivity index (χ2n) is 4.01. The van der Waals surface area contributed by atoms with Crippen molar-refractivity contribution in [2.24, 2.45) is 0 Å². The number of hydrogen-bond acceptors (Lipinski definition) is 6. The Morgan fingerprint density at radius 3 is 1.91 bits per heavy atom. The Kier molecular flexibility index (Phi) is 6.79. The molecule has 0 aliphatic heterocycles. The number of hydrogen-bond donors (Lipinski definition) is 0. The maximum absolute atomic E-state index is 11.4. The van der Waals surface area contributed by atoms with Crippen LogP contribution in [0.5, 0.6) is 0 Å². The summed E-state index contributed by atoms with van der Waals surface area (Å²) in [5.41, 5.74) is -1.68. The first-order chi connectivity index (χ1) is 10.3. The number of rotatable bonds is 8. The highest BCUT2D eigenvalue weighted by molar-refractivity contribution is 6.68. The normalized spacial score (nSPS) is 10.3. The highest BCUT2D eigenvalue weighted by Crippen LogP contribution is 2.36. The van der Waals surface area contributed by atoms with E-state index in [1.165, 1.54) is 4.90 Å². The van der Waals surface area contributed by atoms with Crippen LogP contribution in [0.25, 0.3) is 0 Å². The third-order valence-corrected chi connectivity index (χ3v) is 3.29. The van der Waals surface area contributed by atoms with E-state index in [0.29, 0.717) is 6.07 Å². The molecule has 0 N–H and O–H groups in total. The lowest BCUT2D eigenvalue weighted by atomic mass is 10.1. The van der Waals surface area contributed by atoms with Crippen LogP contribution in [0.3, 0.4) is 0 Å². The molecule has 0 unspecified atom stereocenters. The van der Waals surface area contributed by atoms with Crippen LogP contribution in [0.15, 0.2) is 12.1 Å². The Bertz CT molecular complexity index is 605. The summed E-state index contributed by atoms with van der Waals surface area (Å²) in [6, 6.07) is 1.73. The molecular formula is C11H10Cl3N3O5. The first-order valence-electron chi connectivity index (χ1n) is 5.87. The maximum Gasteiger partial charge on any atom is 0.299 e. The first kappa shape index (κ1) is 18.4. The average Bonchev–Trinajstić information content (AvgIpc) is 2.45. The summed E-state index contributed by atoms with van der Waals surface area (Å²) in [4.78, 5) is 33.3. The molecule has 0 spiro atoms. The Morgan fingerprint density at radius 2 is 1.55 bits per heavy atom. The summed E-state index contributed by atoms with van der Waals surface area (Å²) >= 11 is 16.6. The summed E-state index contributed by atoms with van der Waals surface area (Å²) in [5.74, 6) is 0.296. The molecule has 1 aromatic rings. The second kappa shape index (κ2) is 8.11. The zero-order chi connectivity index (χ0) is 16.9. The van der Waals surface area contributed by atoms with Gasteiger partial charge in [0.05, 0.1) is 15.9 Å². The molecule has 0 saturated carbocycles. The smallest absolute Gasteiger partial charge is 0.299 e. The van der Waals surface area contributed by atoms with Crippen molar-refractivity contribution in [1.82, 2.24) is 0 Å². The lowest BCUT2D eigenvalue weighted by Crippen LogP contribution is -2.28. The molecule has 0 bridgehead atoms. The molecule has 0 heterocycles. The van der Waals surface area contributed by atoms with E-state index < -0.39 is 32.0 Å². The van der Waals surface area contributed by atoms with Crippen molar-refractivity contribution < 1.29 is 14.6 Å². The van der Waals surface area contributed by atoms with E-state index in [9.17, 15) is 25.0 Å². The number of anilines is 1. The van der Waals surface area contributed by atoms with Crippen molar-refractivity contribution in [3.63, 3.8) is 0 Å². The average molecular weight is 371 g/mol. The maximum atomic E-state index is 11.4. The van der Waals surface area contributed by atoms with Gasteiger partial charge in [0.25, 0.3) is 16.6 Å². The van der Waals surface area contributed by atoms with Gasteiger partial charge in [0.1, 0.15) is 11.3 Å². The van der Waals surface area contributed by atoms with Gasteiger partial charge in [-0.05, 0) is 17.7 Å². The van der Waals surface area contributed by atoms with Gasteiger partial charge in [-0.3, -0.25) is 25.0 Å². The molecule has 22 heavy (non-hydrogen) atoms. The molecule has 0 aliphatic rings. The third-order valence-electron chi connectivity index (χ3n) is 2.75. The van der Waals surface area contributed by atoms with E-state index in [1.54, 1.807) is 0 Å². The van der Waals surface area contributed by atoms with Crippen molar-refractivity contribution in [3.8, 4) is 0 Å². The molecule has 0 aromatic heterocycles. The predicted molar refractivity (Wildman–Crippen MR) is 83.6 cm³/mol. The SMILES string of the molecule is O=C(Cl)c1cc(N(CCCl)CCCl)c([N+](=O)[O-])cc1[N+](=O)[O-].